The molecule has 0 bridgehead atoms. The van der Waals surface area contributed by atoms with Gasteiger partial charge in [0.2, 0.25) is 11.8 Å². The number of benzene rings is 1. The van der Waals surface area contributed by atoms with Gasteiger partial charge >= 0.3 is 0 Å². The zero-order valence-electron chi connectivity index (χ0n) is 14.7. The van der Waals surface area contributed by atoms with E-state index in [9.17, 15) is 9.59 Å². The summed E-state index contributed by atoms with van der Waals surface area (Å²) >= 11 is 0. The molecule has 1 rings (SSSR count). The molecule has 0 saturated carbocycles. The van der Waals surface area contributed by atoms with Crippen LogP contribution in [0.25, 0.3) is 6.08 Å². The lowest BCUT2D eigenvalue weighted by Crippen LogP contribution is -2.48. The van der Waals surface area contributed by atoms with Gasteiger partial charge in [0.25, 0.3) is 0 Å². The highest BCUT2D eigenvalue weighted by Crippen LogP contribution is 2.12. The number of carbonyl (C=O) groups excluding carboxylic acids is 2. The van der Waals surface area contributed by atoms with E-state index >= 15 is 0 Å². The van der Waals surface area contributed by atoms with Crippen molar-refractivity contribution in [1.82, 2.24) is 10.6 Å². The predicted octanol–water partition coefficient (Wildman–Crippen LogP) is 1.75. The van der Waals surface area contributed by atoms with Crippen LogP contribution in [0.2, 0.25) is 0 Å². The van der Waals surface area contributed by atoms with Crippen LogP contribution >= 0.6 is 0 Å². The Labute approximate surface area is 143 Å². The van der Waals surface area contributed by atoms with E-state index in [2.05, 4.69) is 10.6 Å². The number of nitrogens with one attached hydrogen (secondary N) is 2. The van der Waals surface area contributed by atoms with Gasteiger partial charge in [0, 0.05) is 13.2 Å². The Hall–Kier alpha value is -2.34. The van der Waals surface area contributed by atoms with Crippen LogP contribution < -0.4 is 15.4 Å². The Balaban J connectivity index is 2.50. The van der Waals surface area contributed by atoms with Crippen LogP contribution in [-0.4, -0.2) is 44.7 Å². The smallest absolute Gasteiger partial charge is 0.244 e. The first-order chi connectivity index (χ1) is 11.5. The van der Waals surface area contributed by atoms with Crippen molar-refractivity contribution in [2.75, 3.05) is 20.8 Å². The van der Waals surface area contributed by atoms with Gasteiger partial charge in [0.15, 0.2) is 0 Å². The second-order valence-corrected chi connectivity index (χ2v) is 5.41. The SMILES string of the molecule is CC[C@H](COC)NC(=O)[C@H](C)NC(=O)/C=C\c1ccc(OC)cc1. The molecule has 0 heterocycles. The molecule has 132 valence electrons. The molecule has 6 nitrogen and oxygen atoms in total. The Morgan fingerprint density at radius 2 is 1.83 bits per heavy atom. The first-order valence-electron chi connectivity index (χ1n) is 7.92. The molecule has 0 radical (unpaired) electrons. The molecule has 24 heavy (non-hydrogen) atoms. The van der Waals surface area contributed by atoms with E-state index in [1.165, 1.54) is 6.08 Å². The van der Waals surface area contributed by atoms with Crippen LogP contribution in [0.4, 0.5) is 0 Å². The predicted molar refractivity (Wildman–Crippen MR) is 93.7 cm³/mol. The third-order valence-electron chi connectivity index (χ3n) is 3.50. The number of hydrogen-bond donors (Lipinski definition) is 2. The van der Waals surface area contributed by atoms with Crippen LogP contribution in [0.1, 0.15) is 25.8 Å². The molecule has 0 aliphatic rings. The zero-order chi connectivity index (χ0) is 17.9. The van der Waals surface area contributed by atoms with Crippen LogP contribution in [0.5, 0.6) is 5.75 Å². The molecule has 2 atom stereocenters. The standard InChI is InChI=1S/C18H26N2O4/c1-5-15(12-23-3)20-18(22)13(2)19-17(21)11-8-14-6-9-16(24-4)10-7-14/h6-11,13,15H,5,12H2,1-4H3,(H,19,21)(H,20,22)/b11-8-/t13-,15+/m0/s1. The normalized spacial score (nSPS) is 13.3. The second-order valence-electron chi connectivity index (χ2n) is 5.41. The summed E-state index contributed by atoms with van der Waals surface area (Å²) in [5.74, 6) is 0.196. The van der Waals surface area contributed by atoms with Crippen LogP contribution in [-0.2, 0) is 14.3 Å². The Morgan fingerprint density at radius 1 is 1.17 bits per heavy atom. The summed E-state index contributed by atoms with van der Waals surface area (Å²) < 4.78 is 10.1. The van der Waals surface area contributed by atoms with Crippen LogP contribution in [0, 0.1) is 0 Å². The number of ether oxygens (including phenoxy) is 2. The van der Waals surface area contributed by atoms with Gasteiger partial charge in [-0.3, -0.25) is 9.59 Å². The molecule has 0 spiro atoms. The molecule has 2 amide bonds. The highest BCUT2D eigenvalue weighted by atomic mass is 16.5. The molecule has 6 heteroatoms. The third kappa shape index (κ3) is 6.83. The topological polar surface area (TPSA) is 76.7 Å². The molecular weight excluding hydrogens is 308 g/mol. The molecule has 1 aromatic carbocycles. The highest BCUT2D eigenvalue weighted by molar-refractivity contribution is 5.95. The summed E-state index contributed by atoms with van der Waals surface area (Å²) in [7, 11) is 3.18. The molecule has 1 aromatic rings. The Bertz CT molecular complexity index is 555. The van der Waals surface area contributed by atoms with Crippen LogP contribution in [0.15, 0.2) is 30.3 Å². The lowest BCUT2D eigenvalue weighted by Gasteiger charge is -2.19. The maximum Gasteiger partial charge on any atom is 0.244 e. The van der Waals surface area contributed by atoms with E-state index in [0.717, 1.165) is 17.7 Å². The summed E-state index contributed by atoms with van der Waals surface area (Å²) in [6.45, 7) is 4.05. The summed E-state index contributed by atoms with van der Waals surface area (Å²) in [5.41, 5.74) is 0.870. The third-order valence-corrected chi connectivity index (χ3v) is 3.50. The summed E-state index contributed by atoms with van der Waals surface area (Å²) in [4.78, 5) is 24.0. The molecule has 0 fully saturated rings. The molecule has 0 aliphatic heterocycles. The van der Waals surface area contributed by atoms with Crippen molar-refractivity contribution in [2.45, 2.75) is 32.4 Å². The largest absolute Gasteiger partial charge is 0.497 e. The van der Waals surface area contributed by atoms with Gasteiger partial charge in [-0.05, 0) is 37.1 Å². The first-order valence-corrected chi connectivity index (χ1v) is 7.92. The molecule has 0 aromatic heterocycles. The number of hydrogen-bond acceptors (Lipinski definition) is 4. The number of methoxy groups -OCH3 is 2. The molecule has 2 N–H and O–H groups in total. The van der Waals surface area contributed by atoms with Gasteiger partial charge in [-0.1, -0.05) is 19.1 Å². The minimum Gasteiger partial charge on any atom is -0.497 e. The van der Waals surface area contributed by atoms with E-state index in [4.69, 9.17) is 9.47 Å². The fourth-order valence-electron chi connectivity index (χ4n) is 2.00. The summed E-state index contributed by atoms with van der Waals surface area (Å²) in [5, 5.41) is 5.48. The summed E-state index contributed by atoms with van der Waals surface area (Å²) in [6, 6.07) is 6.63. The van der Waals surface area contributed by atoms with Gasteiger partial charge in [-0.2, -0.15) is 0 Å². The molecule has 0 saturated heterocycles. The quantitative estimate of drug-likeness (QED) is 0.675. The maximum absolute atomic E-state index is 12.0. The van der Waals surface area contributed by atoms with Crippen molar-refractivity contribution in [3.05, 3.63) is 35.9 Å². The Kier molecular flexibility index (Phi) is 8.57. The lowest BCUT2D eigenvalue weighted by atomic mass is 10.2. The molecule has 0 unspecified atom stereocenters. The summed E-state index contributed by atoms with van der Waals surface area (Å²) in [6.07, 6.45) is 3.84. The zero-order valence-corrected chi connectivity index (χ0v) is 14.7. The van der Waals surface area contributed by atoms with Gasteiger partial charge in [0.1, 0.15) is 11.8 Å². The van der Waals surface area contributed by atoms with Gasteiger partial charge < -0.3 is 20.1 Å². The van der Waals surface area contributed by atoms with Crippen LogP contribution in [0.3, 0.4) is 0 Å². The van der Waals surface area contributed by atoms with E-state index in [1.54, 1.807) is 27.2 Å². The fourth-order valence-corrected chi connectivity index (χ4v) is 2.00. The average Bonchev–Trinajstić information content (AvgIpc) is 2.59. The second kappa shape index (κ2) is 10.4. The van der Waals surface area contributed by atoms with Crippen molar-refractivity contribution in [3.8, 4) is 5.75 Å². The van der Waals surface area contributed by atoms with E-state index < -0.39 is 6.04 Å². The van der Waals surface area contributed by atoms with Crippen molar-refractivity contribution in [2.24, 2.45) is 0 Å². The van der Waals surface area contributed by atoms with E-state index in [0.29, 0.717) is 6.61 Å². The molecule has 0 aliphatic carbocycles. The monoisotopic (exact) mass is 334 g/mol. The number of amides is 2. The minimum atomic E-state index is -0.621. The van der Waals surface area contributed by atoms with Gasteiger partial charge in [-0.25, -0.2) is 0 Å². The number of rotatable bonds is 9. The van der Waals surface area contributed by atoms with Crippen molar-refractivity contribution in [3.63, 3.8) is 0 Å². The maximum atomic E-state index is 12.0. The van der Waals surface area contributed by atoms with E-state index in [-0.39, 0.29) is 17.9 Å². The van der Waals surface area contributed by atoms with Crippen molar-refractivity contribution < 1.29 is 19.1 Å². The fraction of sp³-hybridized carbons (Fsp3) is 0.444. The van der Waals surface area contributed by atoms with Crippen molar-refractivity contribution >= 4 is 17.9 Å². The lowest BCUT2D eigenvalue weighted by molar-refractivity contribution is -0.127. The van der Waals surface area contributed by atoms with Gasteiger partial charge in [-0.15, -0.1) is 0 Å². The minimum absolute atomic E-state index is 0.0586. The Morgan fingerprint density at radius 3 is 2.38 bits per heavy atom. The van der Waals surface area contributed by atoms with Gasteiger partial charge in [0.05, 0.1) is 19.8 Å². The van der Waals surface area contributed by atoms with E-state index in [1.807, 2.05) is 31.2 Å². The average molecular weight is 334 g/mol. The molecular formula is C18H26N2O4. The highest BCUT2D eigenvalue weighted by Gasteiger charge is 2.17. The first kappa shape index (κ1) is 19.7. The van der Waals surface area contributed by atoms with Crippen molar-refractivity contribution in [1.29, 1.82) is 0 Å². The number of carbonyl (C=O) groups is 2.